The predicted octanol–water partition coefficient (Wildman–Crippen LogP) is 2.51. The van der Waals surface area contributed by atoms with Gasteiger partial charge in [-0.15, -0.1) is 0 Å². The maximum atomic E-state index is 12.9. The molecule has 0 aliphatic carbocycles. The molecule has 6 nitrogen and oxygen atoms in total. The maximum absolute atomic E-state index is 12.9. The molecule has 1 aliphatic rings. The van der Waals surface area contributed by atoms with E-state index in [9.17, 15) is 4.79 Å². The Hall–Kier alpha value is -1.88. The van der Waals surface area contributed by atoms with Gasteiger partial charge in [0.2, 0.25) is 0 Å². The van der Waals surface area contributed by atoms with Crippen LogP contribution >= 0.6 is 11.8 Å². The van der Waals surface area contributed by atoms with E-state index in [-0.39, 0.29) is 5.56 Å². The summed E-state index contributed by atoms with van der Waals surface area (Å²) in [7, 11) is 0. The highest BCUT2D eigenvalue weighted by Crippen LogP contribution is 2.19. The second-order valence-corrected chi connectivity index (χ2v) is 7.35. The molecule has 26 heavy (non-hydrogen) atoms. The molecule has 0 saturated carbocycles. The molecule has 1 aromatic carbocycles. The van der Waals surface area contributed by atoms with Crippen molar-refractivity contribution in [3.8, 4) is 6.07 Å². The summed E-state index contributed by atoms with van der Waals surface area (Å²) in [5.74, 6) is 0.793. The van der Waals surface area contributed by atoms with Crippen molar-refractivity contribution in [2.45, 2.75) is 31.0 Å². The van der Waals surface area contributed by atoms with E-state index in [4.69, 9.17) is 15.0 Å². The first-order valence-electron chi connectivity index (χ1n) is 9.09. The van der Waals surface area contributed by atoms with Crippen molar-refractivity contribution in [1.29, 1.82) is 5.26 Å². The number of benzene rings is 1. The Morgan fingerprint density at radius 2 is 2.00 bits per heavy atom. The normalized spacial score (nSPS) is 15.2. The van der Waals surface area contributed by atoms with Gasteiger partial charge in [-0.3, -0.25) is 14.3 Å². The highest BCUT2D eigenvalue weighted by Gasteiger charge is 2.13. The van der Waals surface area contributed by atoms with Crippen LogP contribution in [0.3, 0.4) is 0 Å². The molecule has 1 fully saturated rings. The molecule has 3 rings (SSSR count). The van der Waals surface area contributed by atoms with Gasteiger partial charge in [-0.05, 0) is 25.0 Å². The molecule has 7 heteroatoms. The maximum Gasteiger partial charge on any atom is 0.262 e. The number of fused-ring (bicyclic) bond motifs is 1. The fourth-order valence-electron chi connectivity index (χ4n) is 3.05. The third kappa shape index (κ3) is 4.85. The van der Waals surface area contributed by atoms with E-state index in [2.05, 4.69) is 11.0 Å². The Morgan fingerprint density at radius 3 is 2.81 bits per heavy atom. The molecular formula is C19H24N4O2S. The van der Waals surface area contributed by atoms with Gasteiger partial charge in [0.1, 0.15) is 0 Å². The van der Waals surface area contributed by atoms with Gasteiger partial charge in [0.05, 0.1) is 30.2 Å². The zero-order chi connectivity index (χ0) is 18.2. The third-order valence-corrected chi connectivity index (χ3v) is 5.51. The smallest absolute Gasteiger partial charge is 0.262 e. The third-order valence-electron chi connectivity index (χ3n) is 4.45. The van der Waals surface area contributed by atoms with Crippen LogP contribution in [-0.2, 0) is 11.3 Å². The lowest BCUT2D eigenvalue weighted by Gasteiger charge is -2.26. The lowest BCUT2D eigenvalue weighted by atomic mass is 10.2. The summed E-state index contributed by atoms with van der Waals surface area (Å²) >= 11 is 1.57. The van der Waals surface area contributed by atoms with Crippen LogP contribution in [0.5, 0.6) is 0 Å². The predicted molar refractivity (Wildman–Crippen MR) is 103 cm³/mol. The van der Waals surface area contributed by atoms with Crippen LogP contribution in [0.2, 0.25) is 0 Å². The van der Waals surface area contributed by atoms with E-state index in [1.807, 2.05) is 24.3 Å². The first-order valence-corrected chi connectivity index (χ1v) is 10.1. The number of unbranched alkanes of at least 4 members (excludes halogenated alkanes) is 1. The lowest BCUT2D eigenvalue weighted by Crippen LogP contribution is -2.37. The highest BCUT2D eigenvalue weighted by molar-refractivity contribution is 7.99. The summed E-state index contributed by atoms with van der Waals surface area (Å²) in [5, 5.41) is 10.1. The van der Waals surface area contributed by atoms with E-state index in [1.165, 1.54) is 0 Å². The van der Waals surface area contributed by atoms with Gasteiger partial charge in [0, 0.05) is 38.4 Å². The molecule has 0 spiro atoms. The Morgan fingerprint density at radius 1 is 1.19 bits per heavy atom. The molecule has 2 aromatic rings. The summed E-state index contributed by atoms with van der Waals surface area (Å²) in [6.07, 6.45) is 2.24. The van der Waals surface area contributed by atoms with Crippen LogP contribution in [0.25, 0.3) is 10.9 Å². The zero-order valence-electron chi connectivity index (χ0n) is 14.9. The van der Waals surface area contributed by atoms with E-state index in [0.717, 1.165) is 62.1 Å². The van der Waals surface area contributed by atoms with Crippen LogP contribution < -0.4 is 5.56 Å². The van der Waals surface area contributed by atoms with Crippen molar-refractivity contribution in [3.05, 3.63) is 34.6 Å². The number of ether oxygens (including phenoxy) is 1. The summed E-state index contributed by atoms with van der Waals surface area (Å²) in [4.78, 5) is 20.0. The van der Waals surface area contributed by atoms with Crippen molar-refractivity contribution in [1.82, 2.24) is 14.5 Å². The van der Waals surface area contributed by atoms with Crippen LogP contribution in [0.4, 0.5) is 0 Å². The molecular weight excluding hydrogens is 348 g/mol. The standard InChI is InChI=1S/C19H24N4O2S/c20-8-3-4-15-26-19-21-17-7-2-1-6-16(17)18(24)23(19)10-5-9-22-11-13-25-14-12-22/h1-2,6-7H,3-5,9-15H2. The Labute approximate surface area is 157 Å². The van der Waals surface area contributed by atoms with Gasteiger partial charge >= 0.3 is 0 Å². The van der Waals surface area contributed by atoms with Crippen molar-refractivity contribution in [2.75, 3.05) is 38.6 Å². The average Bonchev–Trinajstić information content (AvgIpc) is 2.68. The number of hydrogen-bond acceptors (Lipinski definition) is 6. The fraction of sp³-hybridized carbons (Fsp3) is 0.526. The number of hydrogen-bond donors (Lipinski definition) is 0. The average molecular weight is 372 g/mol. The number of aromatic nitrogens is 2. The Balaban J connectivity index is 1.75. The Bertz CT molecular complexity index is 824. The minimum absolute atomic E-state index is 0.0281. The minimum atomic E-state index is 0.0281. The van der Waals surface area contributed by atoms with Gasteiger partial charge in [-0.2, -0.15) is 5.26 Å². The van der Waals surface area contributed by atoms with Gasteiger partial charge in [0.15, 0.2) is 5.16 Å². The molecule has 0 atom stereocenters. The first kappa shape index (κ1) is 18.9. The molecule has 1 aromatic heterocycles. The van der Waals surface area contributed by atoms with Gasteiger partial charge in [-0.1, -0.05) is 23.9 Å². The van der Waals surface area contributed by atoms with Crippen LogP contribution in [0, 0.1) is 11.3 Å². The van der Waals surface area contributed by atoms with E-state index in [0.29, 0.717) is 18.4 Å². The number of nitrogens with zero attached hydrogens (tertiary/aromatic N) is 4. The molecule has 2 heterocycles. The number of nitriles is 1. The second-order valence-electron chi connectivity index (χ2n) is 6.29. The quantitative estimate of drug-likeness (QED) is 0.403. The molecule has 0 amide bonds. The van der Waals surface area contributed by atoms with Crippen molar-refractivity contribution >= 4 is 22.7 Å². The largest absolute Gasteiger partial charge is 0.379 e. The van der Waals surface area contributed by atoms with E-state index in [1.54, 1.807) is 16.3 Å². The van der Waals surface area contributed by atoms with Gasteiger partial charge < -0.3 is 4.74 Å². The number of morpholine rings is 1. The molecule has 0 unspecified atom stereocenters. The molecule has 0 radical (unpaired) electrons. The fourth-order valence-corrected chi connectivity index (χ4v) is 4.01. The monoisotopic (exact) mass is 372 g/mol. The van der Waals surface area contributed by atoms with Crippen LogP contribution in [-0.4, -0.2) is 53.1 Å². The summed E-state index contributed by atoms with van der Waals surface area (Å²) < 4.78 is 7.19. The van der Waals surface area contributed by atoms with Crippen LogP contribution in [0.1, 0.15) is 19.3 Å². The number of para-hydroxylation sites is 1. The molecule has 0 N–H and O–H groups in total. The lowest BCUT2D eigenvalue weighted by molar-refractivity contribution is 0.0368. The van der Waals surface area contributed by atoms with E-state index < -0.39 is 0 Å². The first-order chi connectivity index (χ1) is 12.8. The highest BCUT2D eigenvalue weighted by atomic mass is 32.2. The summed E-state index contributed by atoms with van der Waals surface area (Å²) in [5.41, 5.74) is 0.769. The summed E-state index contributed by atoms with van der Waals surface area (Å²) in [6, 6.07) is 9.67. The van der Waals surface area contributed by atoms with Gasteiger partial charge in [-0.25, -0.2) is 4.98 Å². The van der Waals surface area contributed by atoms with E-state index >= 15 is 0 Å². The Kier molecular flexibility index (Phi) is 7.06. The van der Waals surface area contributed by atoms with Crippen molar-refractivity contribution in [3.63, 3.8) is 0 Å². The van der Waals surface area contributed by atoms with Crippen LogP contribution in [0.15, 0.2) is 34.2 Å². The van der Waals surface area contributed by atoms with Gasteiger partial charge in [0.25, 0.3) is 5.56 Å². The molecule has 0 bridgehead atoms. The molecule has 138 valence electrons. The minimum Gasteiger partial charge on any atom is -0.379 e. The zero-order valence-corrected chi connectivity index (χ0v) is 15.7. The number of thioether (sulfide) groups is 1. The molecule has 1 aliphatic heterocycles. The summed E-state index contributed by atoms with van der Waals surface area (Å²) in [6.45, 7) is 5.12. The number of rotatable bonds is 8. The molecule has 1 saturated heterocycles. The van der Waals surface area contributed by atoms with Crippen molar-refractivity contribution < 1.29 is 4.74 Å². The SMILES string of the molecule is N#CCCCSc1nc2ccccc2c(=O)n1CCCN1CCOCC1. The topological polar surface area (TPSA) is 71.2 Å². The second kappa shape index (κ2) is 9.72. The van der Waals surface area contributed by atoms with Crippen molar-refractivity contribution in [2.24, 2.45) is 0 Å².